The van der Waals surface area contributed by atoms with Gasteiger partial charge in [-0.2, -0.15) is 0 Å². The average molecular weight is 307 g/mol. The second kappa shape index (κ2) is 11.2. The highest BCUT2D eigenvalue weighted by atomic mass is 16.4. The smallest absolute Gasteiger partial charge is 0.306 e. The van der Waals surface area contributed by atoms with E-state index in [1.54, 1.807) is 0 Å². The van der Waals surface area contributed by atoms with Gasteiger partial charge in [0.1, 0.15) is 0 Å². The highest BCUT2D eigenvalue weighted by Crippen LogP contribution is 2.12. The van der Waals surface area contributed by atoms with Crippen LogP contribution in [0.25, 0.3) is 0 Å². The number of rotatable bonds is 8. The van der Waals surface area contributed by atoms with Crippen LogP contribution in [0.5, 0.6) is 0 Å². The summed E-state index contributed by atoms with van der Waals surface area (Å²) < 4.78 is 0. The van der Waals surface area contributed by atoms with Crippen LogP contribution in [0.1, 0.15) is 65.4 Å². The summed E-state index contributed by atoms with van der Waals surface area (Å²) in [5.74, 6) is -0.754. The van der Waals surface area contributed by atoms with E-state index >= 15 is 0 Å². The lowest BCUT2D eigenvalue weighted by atomic mass is 9.97. The van der Waals surface area contributed by atoms with Crippen LogP contribution in [-0.2, 0) is 11.2 Å². The Bertz CT molecular complexity index is 396. The first kappa shape index (κ1) is 20.6. The molecule has 0 heterocycles. The molecule has 0 fully saturated rings. The molecule has 1 unspecified atom stereocenters. The number of hydrogen-bond donors (Lipinski definition) is 2. The molecule has 3 heteroatoms. The van der Waals surface area contributed by atoms with Crippen molar-refractivity contribution in [1.82, 2.24) is 0 Å². The van der Waals surface area contributed by atoms with E-state index in [9.17, 15) is 4.79 Å². The minimum atomic E-state index is -0.643. The van der Waals surface area contributed by atoms with Gasteiger partial charge in [0, 0.05) is 5.54 Å². The Balaban J connectivity index is 0.000000409. The first-order valence-electron chi connectivity index (χ1n) is 8.35. The quantitative estimate of drug-likeness (QED) is 0.735. The number of hydrogen-bond acceptors (Lipinski definition) is 2. The van der Waals surface area contributed by atoms with Crippen molar-refractivity contribution < 1.29 is 9.90 Å². The Morgan fingerprint density at radius 1 is 1.23 bits per heavy atom. The molecule has 0 radical (unpaired) electrons. The van der Waals surface area contributed by atoms with Gasteiger partial charge in [0.15, 0.2) is 0 Å². The summed E-state index contributed by atoms with van der Waals surface area (Å²) in [6, 6.07) is 10.5. The predicted octanol–water partition coefficient (Wildman–Crippen LogP) is 4.64. The molecule has 3 N–H and O–H groups in total. The van der Waals surface area contributed by atoms with Gasteiger partial charge >= 0.3 is 5.97 Å². The lowest BCUT2D eigenvalue weighted by Crippen LogP contribution is -2.32. The number of carbonyl (C=O) groups is 1. The highest BCUT2D eigenvalue weighted by Gasteiger charge is 2.12. The van der Waals surface area contributed by atoms with Gasteiger partial charge in [-0.25, -0.2) is 0 Å². The van der Waals surface area contributed by atoms with Crippen molar-refractivity contribution in [3.63, 3.8) is 0 Å². The minimum Gasteiger partial charge on any atom is -0.481 e. The van der Waals surface area contributed by atoms with E-state index in [2.05, 4.69) is 45.0 Å². The van der Waals surface area contributed by atoms with Gasteiger partial charge in [0.2, 0.25) is 0 Å². The van der Waals surface area contributed by atoms with Crippen molar-refractivity contribution in [1.29, 1.82) is 0 Å². The molecule has 0 aliphatic heterocycles. The van der Waals surface area contributed by atoms with Crippen LogP contribution in [0.4, 0.5) is 0 Å². The second-order valence-corrected chi connectivity index (χ2v) is 6.56. The molecular formula is C19H33NO2. The Labute approximate surface area is 135 Å². The van der Waals surface area contributed by atoms with E-state index in [0.717, 1.165) is 38.5 Å². The predicted molar refractivity (Wildman–Crippen MR) is 94.0 cm³/mol. The molecular weight excluding hydrogens is 274 g/mol. The Morgan fingerprint density at radius 3 is 2.23 bits per heavy atom. The molecule has 126 valence electrons. The van der Waals surface area contributed by atoms with E-state index in [1.165, 1.54) is 5.56 Å². The van der Waals surface area contributed by atoms with Gasteiger partial charge in [-0.1, -0.05) is 57.0 Å². The maximum atomic E-state index is 10.4. The fourth-order valence-corrected chi connectivity index (χ4v) is 2.06. The molecule has 1 aromatic rings. The largest absolute Gasteiger partial charge is 0.481 e. The van der Waals surface area contributed by atoms with E-state index in [4.69, 9.17) is 10.8 Å². The number of unbranched alkanes of at least 4 members (excludes halogenated alkanes) is 1. The molecule has 1 rings (SSSR count). The van der Waals surface area contributed by atoms with E-state index < -0.39 is 5.97 Å². The van der Waals surface area contributed by atoms with Gasteiger partial charge in [0.25, 0.3) is 0 Å². The number of aliphatic carboxylic acids is 1. The molecule has 0 saturated heterocycles. The van der Waals surface area contributed by atoms with Gasteiger partial charge in [-0.05, 0) is 45.1 Å². The molecule has 1 aromatic carbocycles. The zero-order chi connectivity index (χ0) is 17.0. The normalized spacial score (nSPS) is 12.2. The number of benzene rings is 1. The molecule has 0 aliphatic carbocycles. The molecule has 0 aromatic heterocycles. The summed E-state index contributed by atoms with van der Waals surface area (Å²) in [7, 11) is 0. The van der Waals surface area contributed by atoms with Gasteiger partial charge in [-0.3, -0.25) is 4.79 Å². The highest BCUT2D eigenvalue weighted by molar-refractivity contribution is 5.69. The van der Waals surface area contributed by atoms with Crippen LogP contribution < -0.4 is 5.73 Å². The molecule has 0 amide bonds. The fraction of sp³-hybridized carbons (Fsp3) is 0.632. The summed E-state index contributed by atoms with van der Waals surface area (Å²) in [5.41, 5.74) is 7.21. The van der Waals surface area contributed by atoms with Crippen molar-refractivity contribution in [3.05, 3.63) is 35.9 Å². The van der Waals surface area contributed by atoms with Crippen LogP contribution in [0, 0.1) is 5.92 Å². The van der Waals surface area contributed by atoms with Crippen molar-refractivity contribution in [2.45, 2.75) is 71.8 Å². The van der Waals surface area contributed by atoms with E-state index in [-0.39, 0.29) is 11.5 Å². The maximum absolute atomic E-state index is 10.4. The van der Waals surface area contributed by atoms with Crippen molar-refractivity contribution in [2.24, 2.45) is 11.7 Å². The Hall–Kier alpha value is -1.35. The topological polar surface area (TPSA) is 63.3 Å². The lowest BCUT2D eigenvalue weighted by Gasteiger charge is -2.17. The lowest BCUT2D eigenvalue weighted by molar-refractivity contribution is -0.142. The number of aryl methyl sites for hydroxylation is 1. The van der Waals surface area contributed by atoms with Crippen LogP contribution >= 0.6 is 0 Å². The minimum absolute atomic E-state index is 0.0458. The molecule has 0 bridgehead atoms. The maximum Gasteiger partial charge on any atom is 0.306 e. The van der Waals surface area contributed by atoms with Gasteiger partial charge in [0.05, 0.1) is 5.92 Å². The first-order valence-corrected chi connectivity index (χ1v) is 8.35. The zero-order valence-electron chi connectivity index (χ0n) is 14.6. The fourth-order valence-electron chi connectivity index (χ4n) is 2.06. The molecule has 22 heavy (non-hydrogen) atoms. The average Bonchev–Trinajstić information content (AvgIpc) is 2.47. The number of nitrogens with two attached hydrogens (primary N) is 1. The third-order valence-corrected chi connectivity index (χ3v) is 3.65. The molecule has 3 nitrogen and oxygen atoms in total. The summed E-state index contributed by atoms with van der Waals surface area (Å²) >= 11 is 0. The number of carboxylic acids is 1. The first-order chi connectivity index (χ1) is 10.3. The van der Waals surface area contributed by atoms with Gasteiger partial charge in [-0.15, -0.1) is 0 Å². The second-order valence-electron chi connectivity index (χ2n) is 6.56. The summed E-state index contributed by atoms with van der Waals surface area (Å²) in [6.45, 7) is 8.13. The van der Waals surface area contributed by atoms with E-state index in [0.29, 0.717) is 0 Å². The number of carboxylic acid groups (broad SMARTS) is 1. The van der Waals surface area contributed by atoms with Crippen LogP contribution in [0.2, 0.25) is 0 Å². The monoisotopic (exact) mass is 307 g/mol. The molecule has 1 atom stereocenters. The van der Waals surface area contributed by atoms with Crippen LogP contribution in [0.15, 0.2) is 30.3 Å². The van der Waals surface area contributed by atoms with Crippen LogP contribution in [0.3, 0.4) is 0 Å². The summed E-state index contributed by atoms with van der Waals surface area (Å²) in [5, 5.41) is 8.60. The van der Waals surface area contributed by atoms with E-state index in [1.807, 2.05) is 13.0 Å². The van der Waals surface area contributed by atoms with Crippen molar-refractivity contribution in [2.75, 3.05) is 0 Å². The third kappa shape index (κ3) is 11.3. The van der Waals surface area contributed by atoms with Crippen LogP contribution in [-0.4, -0.2) is 16.6 Å². The van der Waals surface area contributed by atoms with Crippen molar-refractivity contribution >= 4 is 5.97 Å². The van der Waals surface area contributed by atoms with Crippen molar-refractivity contribution in [3.8, 4) is 0 Å². The standard InChI is InChI=1S/C11H17N.C8H16O2/c1-11(2,12)9-8-10-6-4-3-5-7-10;1-3-5-6-7(4-2)8(9)10/h3-7H,8-9,12H2,1-2H3;7H,3-6H2,1-2H3,(H,9,10). The SMILES string of the molecule is CC(C)(N)CCc1ccccc1.CCCCC(CC)C(=O)O. The molecule has 0 spiro atoms. The van der Waals surface area contributed by atoms with Gasteiger partial charge < -0.3 is 10.8 Å². The molecule has 0 saturated carbocycles. The zero-order valence-corrected chi connectivity index (χ0v) is 14.6. The molecule has 0 aliphatic rings. The Kier molecular flexibility index (Phi) is 10.6. The Morgan fingerprint density at radius 2 is 1.82 bits per heavy atom. The third-order valence-electron chi connectivity index (χ3n) is 3.65. The summed E-state index contributed by atoms with van der Waals surface area (Å²) in [4.78, 5) is 10.4. The summed E-state index contributed by atoms with van der Waals surface area (Å²) in [6.07, 6.45) is 5.83.